The number of benzene rings is 1. The number of nitrogens with one attached hydrogen (secondary N) is 1. The van der Waals surface area contributed by atoms with Crippen LogP contribution in [0.5, 0.6) is 0 Å². The SMILES string of the molecule is Cc1ccc(CNc2c(C#N)c(C)nn2C)cc1. The fraction of sp³-hybridized carbons (Fsp3) is 0.286. The lowest BCUT2D eigenvalue weighted by atomic mass is 10.1. The van der Waals surface area contributed by atoms with Crippen LogP contribution in [0.2, 0.25) is 0 Å². The summed E-state index contributed by atoms with van der Waals surface area (Å²) in [6.45, 7) is 4.60. The molecule has 0 atom stereocenters. The molecule has 0 saturated heterocycles. The van der Waals surface area contributed by atoms with E-state index in [1.165, 1.54) is 11.1 Å². The molecule has 0 unspecified atom stereocenters. The highest BCUT2D eigenvalue weighted by Crippen LogP contribution is 2.18. The lowest BCUT2D eigenvalue weighted by molar-refractivity contribution is 0.758. The van der Waals surface area contributed by atoms with E-state index in [9.17, 15) is 0 Å². The number of aryl methyl sites for hydroxylation is 3. The average molecular weight is 240 g/mol. The van der Waals surface area contributed by atoms with Crippen LogP contribution in [0.4, 0.5) is 5.82 Å². The van der Waals surface area contributed by atoms with Gasteiger partial charge in [0.2, 0.25) is 0 Å². The van der Waals surface area contributed by atoms with Crippen molar-refractivity contribution in [1.82, 2.24) is 9.78 Å². The Labute approximate surface area is 107 Å². The fourth-order valence-electron chi connectivity index (χ4n) is 1.89. The molecular formula is C14H16N4. The molecule has 18 heavy (non-hydrogen) atoms. The van der Waals surface area contributed by atoms with Crippen LogP contribution in [0, 0.1) is 25.2 Å². The maximum absolute atomic E-state index is 9.10. The summed E-state index contributed by atoms with van der Waals surface area (Å²) in [5.74, 6) is 0.774. The first kappa shape index (κ1) is 12.2. The molecule has 0 spiro atoms. The molecule has 92 valence electrons. The fourth-order valence-corrected chi connectivity index (χ4v) is 1.89. The Bertz CT molecular complexity index is 587. The van der Waals surface area contributed by atoms with Gasteiger partial charge in [-0.1, -0.05) is 29.8 Å². The third-order valence-electron chi connectivity index (χ3n) is 2.91. The van der Waals surface area contributed by atoms with Gasteiger partial charge in [-0.2, -0.15) is 10.4 Å². The van der Waals surface area contributed by atoms with Crippen LogP contribution in [0.15, 0.2) is 24.3 Å². The van der Waals surface area contributed by atoms with Crippen molar-refractivity contribution < 1.29 is 0 Å². The lowest BCUT2D eigenvalue weighted by Gasteiger charge is -2.07. The minimum atomic E-state index is 0.615. The number of anilines is 1. The summed E-state index contributed by atoms with van der Waals surface area (Å²) in [4.78, 5) is 0. The van der Waals surface area contributed by atoms with E-state index < -0.39 is 0 Å². The third kappa shape index (κ3) is 2.35. The minimum Gasteiger partial charge on any atom is -0.365 e. The van der Waals surface area contributed by atoms with E-state index in [1.807, 2.05) is 14.0 Å². The molecule has 0 bridgehead atoms. The Morgan fingerprint density at radius 1 is 1.28 bits per heavy atom. The van der Waals surface area contributed by atoms with E-state index in [4.69, 9.17) is 5.26 Å². The Hall–Kier alpha value is -2.28. The maximum Gasteiger partial charge on any atom is 0.142 e. The van der Waals surface area contributed by atoms with Gasteiger partial charge in [-0.05, 0) is 19.4 Å². The summed E-state index contributed by atoms with van der Waals surface area (Å²) in [7, 11) is 1.84. The van der Waals surface area contributed by atoms with Crippen LogP contribution in [0.25, 0.3) is 0 Å². The molecule has 2 aromatic rings. The van der Waals surface area contributed by atoms with E-state index in [2.05, 4.69) is 47.7 Å². The first-order valence-corrected chi connectivity index (χ1v) is 5.85. The first-order valence-electron chi connectivity index (χ1n) is 5.85. The highest BCUT2D eigenvalue weighted by molar-refractivity contribution is 5.55. The summed E-state index contributed by atoms with van der Waals surface area (Å²) in [6, 6.07) is 10.5. The maximum atomic E-state index is 9.10. The van der Waals surface area contributed by atoms with Crippen LogP contribution in [0.3, 0.4) is 0 Å². The van der Waals surface area contributed by atoms with Gasteiger partial charge in [-0.3, -0.25) is 4.68 Å². The van der Waals surface area contributed by atoms with E-state index in [1.54, 1.807) is 4.68 Å². The molecule has 4 heteroatoms. The van der Waals surface area contributed by atoms with Crippen LogP contribution in [-0.2, 0) is 13.6 Å². The standard InChI is InChI=1S/C14H16N4/c1-10-4-6-12(7-5-10)9-16-14-13(8-15)11(2)17-18(14)3/h4-7,16H,9H2,1-3H3. The number of nitriles is 1. The zero-order chi connectivity index (χ0) is 13.1. The van der Waals surface area contributed by atoms with Gasteiger partial charge >= 0.3 is 0 Å². The molecule has 2 rings (SSSR count). The van der Waals surface area contributed by atoms with E-state index >= 15 is 0 Å². The molecule has 0 aliphatic carbocycles. The molecule has 0 saturated carbocycles. The minimum absolute atomic E-state index is 0.615. The van der Waals surface area contributed by atoms with Crippen LogP contribution < -0.4 is 5.32 Å². The summed E-state index contributed by atoms with van der Waals surface area (Å²) in [6.07, 6.45) is 0. The van der Waals surface area contributed by atoms with Gasteiger partial charge < -0.3 is 5.32 Å². The first-order chi connectivity index (χ1) is 8.61. The van der Waals surface area contributed by atoms with Crippen molar-refractivity contribution in [3.05, 3.63) is 46.6 Å². The number of aromatic nitrogens is 2. The van der Waals surface area contributed by atoms with Crippen LogP contribution >= 0.6 is 0 Å². The van der Waals surface area contributed by atoms with Crippen molar-refractivity contribution in [2.24, 2.45) is 7.05 Å². The Morgan fingerprint density at radius 3 is 2.56 bits per heavy atom. The number of rotatable bonds is 3. The van der Waals surface area contributed by atoms with Gasteiger partial charge in [-0.25, -0.2) is 0 Å². The van der Waals surface area contributed by atoms with Gasteiger partial charge in [0.05, 0.1) is 5.69 Å². The summed E-state index contributed by atoms with van der Waals surface area (Å²) >= 11 is 0. The number of hydrogen-bond acceptors (Lipinski definition) is 3. The number of nitrogens with zero attached hydrogens (tertiary/aromatic N) is 3. The molecular weight excluding hydrogens is 224 g/mol. The van der Waals surface area contributed by atoms with Gasteiger partial charge in [0, 0.05) is 13.6 Å². The Morgan fingerprint density at radius 2 is 1.94 bits per heavy atom. The van der Waals surface area contributed by atoms with E-state index in [0.717, 1.165) is 11.5 Å². The molecule has 1 aromatic heterocycles. The third-order valence-corrected chi connectivity index (χ3v) is 2.91. The smallest absolute Gasteiger partial charge is 0.142 e. The Balaban J connectivity index is 2.16. The topological polar surface area (TPSA) is 53.6 Å². The van der Waals surface area contributed by atoms with E-state index in [-0.39, 0.29) is 0 Å². The molecule has 0 aliphatic rings. The second kappa shape index (κ2) is 4.92. The van der Waals surface area contributed by atoms with Crippen molar-refractivity contribution in [1.29, 1.82) is 5.26 Å². The second-order valence-corrected chi connectivity index (χ2v) is 4.38. The molecule has 1 N–H and O–H groups in total. The number of hydrogen-bond donors (Lipinski definition) is 1. The highest BCUT2D eigenvalue weighted by atomic mass is 15.3. The van der Waals surface area contributed by atoms with Gasteiger partial charge in [-0.15, -0.1) is 0 Å². The van der Waals surface area contributed by atoms with Crippen molar-refractivity contribution in [2.75, 3.05) is 5.32 Å². The molecule has 4 nitrogen and oxygen atoms in total. The molecule has 0 aliphatic heterocycles. The second-order valence-electron chi connectivity index (χ2n) is 4.38. The summed E-state index contributed by atoms with van der Waals surface area (Å²) in [5, 5.41) is 16.6. The van der Waals surface area contributed by atoms with E-state index in [0.29, 0.717) is 12.1 Å². The molecule has 0 fully saturated rings. The van der Waals surface area contributed by atoms with Crippen LogP contribution in [-0.4, -0.2) is 9.78 Å². The van der Waals surface area contributed by atoms with Crippen LogP contribution in [0.1, 0.15) is 22.4 Å². The van der Waals surface area contributed by atoms with Crippen molar-refractivity contribution >= 4 is 5.82 Å². The lowest BCUT2D eigenvalue weighted by Crippen LogP contribution is -2.05. The van der Waals surface area contributed by atoms with Gasteiger partial charge in [0.1, 0.15) is 17.5 Å². The predicted octanol–water partition coefficient (Wildman–Crippen LogP) is 2.52. The molecule has 1 heterocycles. The molecule has 0 amide bonds. The van der Waals surface area contributed by atoms with Gasteiger partial charge in [0.15, 0.2) is 0 Å². The highest BCUT2D eigenvalue weighted by Gasteiger charge is 2.11. The van der Waals surface area contributed by atoms with Gasteiger partial charge in [0.25, 0.3) is 0 Å². The summed E-state index contributed by atoms with van der Waals surface area (Å²) < 4.78 is 1.71. The van der Waals surface area contributed by atoms with Crippen molar-refractivity contribution in [3.63, 3.8) is 0 Å². The predicted molar refractivity (Wildman–Crippen MR) is 71.2 cm³/mol. The average Bonchev–Trinajstić information content (AvgIpc) is 2.62. The summed E-state index contributed by atoms with van der Waals surface area (Å²) in [5.41, 5.74) is 3.80. The van der Waals surface area contributed by atoms with Crippen molar-refractivity contribution in [2.45, 2.75) is 20.4 Å². The molecule has 0 radical (unpaired) electrons. The zero-order valence-electron chi connectivity index (χ0n) is 10.9. The normalized spacial score (nSPS) is 10.1. The van der Waals surface area contributed by atoms with Crippen molar-refractivity contribution in [3.8, 4) is 6.07 Å². The Kier molecular flexibility index (Phi) is 3.33. The largest absolute Gasteiger partial charge is 0.365 e. The monoisotopic (exact) mass is 240 g/mol. The quantitative estimate of drug-likeness (QED) is 0.896. The zero-order valence-corrected chi connectivity index (χ0v) is 10.9. The molecule has 1 aromatic carbocycles.